The lowest BCUT2D eigenvalue weighted by Crippen LogP contribution is -2.39. The molecule has 1 unspecified atom stereocenters. The van der Waals surface area contributed by atoms with Gasteiger partial charge in [0.2, 0.25) is 5.91 Å². The van der Waals surface area contributed by atoms with Gasteiger partial charge in [-0.1, -0.05) is 43.7 Å². The minimum atomic E-state index is -0.602. The second-order valence-corrected chi connectivity index (χ2v) is 9.88. The molecule has 1 amide bonds. The first-order valence-corrected chi connectivity index (χ1v) is 13.9. The number of aryl methyl sites for hydroxylation is 1. The molecule has 0 radical (unpaired) electrons. The summed E-state index contributed by atoms with van der Waals surface area (Å²) >= 11 is 1.85. The van der Waals surface area contributed by atoms with Crippen molar-refractivity contribution in [1.29, 1.82) is 0 Å². The van der Waals surface area contributed by atoms with E-state index in [4.69, 9.17) is 4.74 Å². The summed E-state index contributed by atoms with van der Waals surface area (Å²) in [5.74, 6) is 1.43. The number of benzene rings is 2. The minimum Gasteiger partial charge on any atom is -0.436 e. The highest BCUT2D eigenvalue weighted by molar-refractivity contribution is 7.99. The smallest absolute Gasteiger partial charge is 0.280 e. The molecular weight excluding hydrogens is 503 g/mol. The van der Waals surface area contributed by atoms with Gasteiger partial charge < -0.3 is 14.2 Å². The number of halogens is 1. The molecule has 5 rings (SSSR count). The van der Waals surface area contributed by atoms with E-state index in [9.17, 15) is 14.0 Å². The zero-order valence-electron chi connectivity index (χ0n) is 21.8. The quantitative estimate of drug-likeness (QED) is 0.320. The molecule has 7 nitrogen and oxygen atoms in total. The van der Waals surface area contributed by atoms with Gasteiger partial charge in [-0.05, 0) is 42.8 Å². The van der Waals surface area contributed by atoms with Crippen LogP contribution >= 0.6 is 11.8 Å². The Bertz CT molecular complexity index is 1450. The van der Waals surface area contributed by atoms with Crippen molar-refractivity contribution in [2.75, 3.05) is 24.6 Å². The molecule has 2 aromatic carbocycles. The summed E-state index contributed by atoms with van der Waals surface area (Å²) in [6.07, 6.45) is 3.16. The summed E-state index contributed by atoms with van der Waals surface area (Å²) in [6.45, 7) is 7.48. The van der Waals surface area contributed by atoms with E-state index in [1.54, 1.807) is 12.1 Å². The average molecular weight is 535 g/mol. The molecule has 198 valence electrons. The molecule has 0 bridgehead atoms. The third kappa shape index (κ3) is 6.22. The van der Waals surface area contributed by atoms with Crippen LogP contribution < -0.4 is 10.3 Å². The number of carbonyl (C=O) groups is 1. The number of hydrogen-bond donors (Lipinski definition) is 0. The summed E-state index contributed by atoms with van der Waals surface area (Å²) in [4.78, 5) is 35.9. The fourth-order valence-corrected chi connectivity index (χ4v) is 5.20. The Balaban J connectivity index is 0.00000164. The number of ether oxygens (including phenoxy) is 1. The van der Waals surface area contributed by atoms with Crippen molar-refractivity contribution in [1.82, 2.24) is 19.4 Å². The molecule has 0 N–H and O–H groups in total. The van der Waals surface area contributed by atoms with Crippen LogP contribution in [0, 0.1) is 12.7 Å². The SMILES string of the molecule is CC.Cc1ccc(C(CC(=O)N2CCSCC2)n2cnc(=O)c3cc(Oc4ncccc4F)ccc32)cc1. The van der Waals surface area contributed by atoms with E-state index in [1.165, 1.54) is 30.7 Å². The largest absolute Gasteiger partial charge is 0.436 e. The van der Waals surface area contributed by atoms with E-state index in [0.717, 1.165) is 35.7 Å². The van der Waals surface area contributed by atoms with Gasteiger partial charge in [0, 0.05) is 30.8 Å². The number of hydrogen-bond acceptors (Lipinski definition) is 6. The first-order chi connectivity index (χ1) is 18.5. The molecule has 1 saturated heterocycles. The third-order valence-corrected chi connectivity index (χ3v) is 7.19. The lowest BCUT2D eigenvalue weighted by molar-refractivity contribution is -0.131. The van der Waals surface area contributed by atoms with Crippen LogP contribution in [0.4, 0.5) is 4.39 Å². The van der Waals surface area contributed by atoms with E-state index in [2.05, 4.69) is 9.97 Å². The van der Waals surface area contributed by atoms with Gasteiger partial charge in [-0.3, -0.25) is 9.59 Å². The lowest BCUT2D eigenvalue weighted by Gasteiger charge is -2.29. The highest BCUT2D eigenvalue weighted by Crippen LogP contribution is 2.30. The number of nitrogens with zero attached hydrogens (tertiary/aromatic N) is 4. The van der Waals surface area contributed by atoms with Crippen LogP contribution in [0.5, 0.6) is 11.6 Å². The van der Waals surface area contributed by atoms with Gasteiger partial charge in [-0.25, -0.2) is 9.37 Å². The maximum absolute atomic E-state index is 14.0. The van der Waals surface area contributed by atoms with Crippen molar-refractivity contribution in [3.05, 3.63) is 94.4 Å². The van der Waals surface area contributed by atoms with Crippen LogP contribution in [0.15, 0.2) is 71.9 Å². The fraction of sp³-hybridized carbons (Fsp3) is 0.310. The number of rotatable bonds is 6. The standard InChI is InChI=1S/C27H25FN4O3S.C2H6/c1-18-4-6-19(7-5-18)24(16-25(33)31-11-13-36-14-12-31)32-17-30-26(34)21-15-20(8-9-23(21)32)35-27-22(28)3-2-10-29-27;1-2/h2-10,15,17,24H,11-14,16H2,1H3;1-2H3. The van der Waals surface area contributed by atoms with E-state index in [-0.39, 0.29) is 30.0 Å². The predicted octanol–water partition coefficient (Wildman–Crippen LogP) is 5.61. The first kappa shape index (κ1) is 27.3. The van der Waals surface area contributed by atoms with Gasteiger partial charge in [0.25, 0.3) is 11.4 Å². The van der Waals surface area contributed by atoms with Crippen LogP contribution in [0.3, 0.4) is 0 Å². The molecule has 1 aliphatic rings. The van der Waals surface area contributed by atoms with Crippen molar-refractivity contribution in [2.45, 2.75) is 33.2 Å². The molecule has 1 aliphatic heterocycles. The summed E-state index contributed by atoms with van der Waals surface area (Å²) in [5.41, 5.74) is 2.23. The number of amides is 1. The third-order valence-electron chi connectivity index (χ3n) is 6.24. The Labute approximate surface area is 225 Å². The zero-order valence-corrected chi connectivity index (χ0v) is 22.6. The van der Waals surface area contributed by atoms with Crippen LogP contribution in [0.2, 0.25) is 0 Å². The van der Waals surface area contributed by atoms with Gasteiger partial charge in [0.05, 0.1) is 29.7 Å². The van der Waals surface area contributed by atoms with Crippen LogP contribution in [0.1, 0.15) is 37.4 Å². The van der Waals surface area contributed by atoms with Gasteiger partial charge in [0.15, 0.2) is 5.82 Å². The topological polar surface area (TPSA) is 77.3 Å². The summed E-state index contributed by atoms with van der Waals surface area (Å²) in [7, 11) is 0. The Morgan fingerprint density at radius 2 is 1.82 bits per heavy atom. The van der Waals surface area contributed by atoms with Crippen LogP contribution in [-0.2, 0) is 4.79 Å². The molecule has 0 aliphatic carbocycles. The number of carbonyl (C=O) groups excluding carboxylic acids is 1. The highest BCUT2D eigenvalue weighted by Gasteiger charge is 2.24. The number of aromatic nitrogens is 3. The van der Waals surface area contributed by atoms with Gasteiger partial charge in [-0.2, -0.15) is 16.7 Å². The summed E-state index contributed by atoms with van der Waals surface area (Å²) in [6, 6.07) is 15.3. The monoisotopic (exact) mass is 534 g/mol. The van der Waals surface area contributed by atoms with Crippen molar-refractivity contribution in [3.63, 3.8) is 0 Å². The minimum absolute atomic E-state index is 0.0679. The Morgan fingerprint density at radius 3 is 2.53 bits per heavy atom. The van der Waals surface area contributed by atoms with Crippen LogP contribution in [-0.4, -0.2) is 49.9 Å². The number of thioether (sulfide) groups is 1. The summed E-state index contributed by atoms with van der Waals surface area (Å²) < 4.78 is 21.5. The predicted molar refractivity (Wildman–Crippen MR) is 149 cm³/mol. The zero-order chi connectivity index (χ0) is 27.1. The maximum Gasteiger partial charge on any atom is 0.280 e. The molecule has 4 aromatic rings. The van der Waals surface area contributed by atoms with E-state index in [0.29, 0.717) is 10.9 Å². The Hall–Kier alpha value is -3.72. The molecular formula is C29H31FN4O3S. The summed E-state index contributed by atoms with van der Waals surface area (Å²) in [5, 5.41) is 0.310. The maximum atomic E-state index is 14.0. The number of fused-ring (bicyclic) bond motifs is 1. The molecule has 1 atom stereocenters. The van der Waals surface area contributed by atoms with Gasteiger partial charge in [-0.15, -0.1) is 0 Å². The second-order valence-electron chi connectivity index (χ2n) is 8.65. The highest BCUT2D eigenvalue weighted by atomic mass is 32.2. The molecule has 1 fully saturated rings. The molecule has 38 heavy (non-hydrogen) atoms. The van der Waals surface area contributed by atoms with Crippen molar-refractivity contribution in [3.8, 4) is 11.6 Å². The first-order valence-electron chi connectivity index (χ1n) is 12.7. The van der Waals surface area contributed by atoms with Crippen molar-refractivity contribution < 1.29 is 13.9 Å². The lowest BCUT2D eigenvalue weighted by atomic mass is 10.0. The van der Waals surface area contributed by atoms with E-state index >= 15 is 0 Å². The molecule has 9 heteroatoms. The fourth-order valence-electron chi connectivity index (χ4n) is 4.30. The van der Waals surface area contributed by atoms with E-state index in [1.807, 2.05) is 66.3 Å². The molecule has 2 aromatic heterocycles. The normalized spacial score (nSPS) is 13.9. The Morgan fingerprint density at radius 1 is 1.08 bits per heavy atom. The molecule has 0 saturated carbocycles. The van der Waals surface area contributed by atoms with Crippen molar-refractivity contribution in [2.24, 2.45) is 0 Å². The van der Waals surface area contributed by atoms with Crippen molar-refractivity contribution >= 4 is 28.6 Å². The van der Waals surface area contributed by atoms with Crippen LogP contribution in [0.25, 0.3) is 10.9 Å². The van der Waals surface area contributed by atoms with Gasteiger partial charge >= 0.3 is 0 Å². The molecule has 3 heterocycles. The number of pyridine rings is 1. The average Bonchev–Trinajstić information content (AvgIpc) is 2.96. The van der Waals surface area contributed by atoms with Gasteiger partial charge in [0.1, 0.15) is 5.75 Å². The van der Waals surface area contributed by atoms with E-state index < -0.39 is 11.4 Å². The Kier molecular flexibility index (Phi) is 9.12. The second kappa shape index (κ2) is 12.7. The molecule has 0 spiro atoms.